The van der Waals surface area contributed by atoms with Gasteiger partial charge in [-0.3, -0.25) is 14.5 Å². The van der Waals surface area contributed by atoms with Crippen LogP contribution in [0.4, 0.5) is 24.5 Å². The van der Waals surface area contributed by atoms with Crippen molar-refractivity contribution in [2.75, 3.05) is 18.5 Å². The largest absolute Gasteiger partial charge is 0.494 e. The van der Waals surface area contributed by atoms with Crippen LogP contribution in [0.15, 0.2) is 77.8 Å². The third kappa shape index (κ3) is 7.77. The minimum Gasteiger partial charge on any atom is -0.494 e. The Labute approximate surface area is 233 Å². The van der Waals surface area contributed by atoms with Gasteiger partial charge in [0, 0.05) is 29.7 Å². The number of hydrogen-bond acceptors (Lipinski definition) is 5. The van der Waals surface area contributed by atoms with E-state index < -0.39 is 22.9 Å². The van der Waals surface area contributed by atoms with Gasteiger partial charge in [0.15, 0.2) is 5.17 Å². The summed E-state index contributed by atoms with van der Waals surface area (Å²) >= 11 is 7.00. The minimum absolute atomic E-state index is 0.0297. The molecule has 1 aliphatic rings. The molecule has 0 aliphatic carbocycles. The van der Waals surface area contributed by atoms with Gasteiger partial charge in [-0.1, -0.05) is 47.6 Å². The summed E-state index contributed by atoms with van der Waals surface area (Å²) in [4.78, 5) is 32.2. The van der Waals surface area contributed by atoms with E-state index in [1.807, 2.05) is 19.1 Å². The van der Waals surface area contributed by atoms with Crippen molar-refractivity contribution in [3.05, 3.63) is 88.9 Å². The van der Waals surface area contributed by atoms with Gasteiger partial charge in [-0.15, -0.1) is 0 Å². The Hall–Kier alpha value is -3.50. The molecule has 1 unspecified atom stereocenters. The summed E-state index contributed by atoms with van der Waals surface area (Å²) in [5.41, 5.74) is 0.597. The van der Waals surface area contributed by atoms with E-state index in [4.69, 9.17) is 16.3 Å². The number of rotatable bonds is 8. The molecule has 0 radical (unpaired) electrons. The molecule has 0 aromatic heterocycles. The van der Waals surface area contributed by atoms with Crippen LogP contribution in [-0.2, 0) is 22.2 Å². The fraction of sp³-hybridized carbons (Fsp3) is 0.250. The van der Waals surface area contributed by atoms with Gasteiger partial charge in [-0.2, -0.15) is 13.2 Å². The fourth-order valence-electron chi connectivity index (χ4n) is 3.87. The molecule has 3 aromatic carbocycles. The highest BCUT2D eigenvalue weighted by molar-refractivity contribution is 8.15. The van der Waals surface area contributed by atoms with Gasteiger partial charge in [0.1, 0.15) is 11.0 Å². The molecule has 6 nitrogen and oxygen atoms in total. The van der Waals surface area contributed by atoms with Gasteiger partial charge in [0.2, 0.25) is 11.8 Å². The van der Waals surface area contributed by atoms with Crippen molar-refractivity contribution >= 4 is 51.7 Å². The van der Waals surface area contributed by atoms with E-state index in [0.717, 1.165) is 29.5 Å². The van der Waals surface area contributed by atoms with E-state index >= 15 is 0 Å². The number of alkyl halides is 3. The highest BCUT2D eigenvalue weighted by Gasteiger charge is 2.36. The van der Waals surface area contributed by atoms with E-state index in [9.17, 15) is 22.8 Å². The molecule has 1 fully saturated rings. The Morgan fingerprint density at radius 1 is 1.13 bits per heavy atom. The zero-order valence-corrected chi connectivity index (χ0v) is 22.4. The van der Waals surface area contributed by atoms with Crippen molar-refractivity contribution in [3.8, 4) is 5.75 Å². The molecular weight excluding hydrogens is 551 g/mol. The van der Waals surface area contributed by atoms with Crippen molar-refractivity contribution in [1.29, 1.82) is 0 Å². The lowest BCUT2D eigenvalue weighted by atomic mass is 10.1. The molecule has 1 aliphatic heterocycles. The molecule has 0 saturated carbocycles. The zero-order valence-electron chi connectivity index (χ0n) is 20.9. The van der Waals surface area contributed by atoms with Crippen LogP contribution in [0.25, 0.3) is 0 Å². The van der Waals surface area contributed by atoms with Crippen LogP contribution in [0, 0.1) is 0 Å². The molecule has 1 N–H and O–H groups in total. The Bertz CT molecular complexity index is 1370. The molecule has 1 saturated heterocycles. The summed E-state index contributed by atoms with van der Waals surface area (Å²) in [6.45, 7) is 2.54. The first-order valence-electron chi connectivity index (χ1n) is 12.1. The molecular formula is C28H25ClF3N3O3S. The van der Waals surface area contributed by atoms with Crippen LogP contribution < -0.4 is 10.1 Å². The summed E-state index contributed by atoms with van der Waals surface area (Å²) in [6.07, 6.45) is -4.17. The van der Waals surface area contributed by atoms with Gasteiger partial charge in [0.05, 0.1) is 17.9 Å². The summed E-state index contributed by atoms with van der Waals surface area (Å²) < 4.78 is 45.3. The lowest BCUT2D eigenvalue weighted by molar-refractivity contribution is -0.137. The summed E-state index contributed by atoms with van der Waals surface area (Å²) in [7, 11) is 0. The second kappa shape index (κ2) is 12.6. The fourth-order valence-corrected chi connectivity index (χ4v) is 5.12. The van der Waals surface area contributed by atoms with Crippen LogP contribution in [0.1, 0.15) is 24.5 Å². The number of carbonyl (C=O) groups excluding carboxylic acids is 2. The molecule has 204 valence electrons. The highest BCUT2D eigenvalue weighted by Crippen LogP contribution is 2.34. The number of carbonyl (C=O) groups is 2. The Morgan fingerprint density at radius 2 is 1.87 bits per heavy atom. The van der Waals surface area contributed by atoms with Gasteiger partial charge in [0.25, 0.3) is 0 Å². The number of anilines is 1. The van der Waals surface area contributed by atoms with E-state index in [0.29, 0.717) is 29.5 Å². The van der Waals surface area contributed by atoms with Crippen LogP contribution in [0.5, 0.6) is 5.75 Å². The molecule has 0 spiro atoms. The first-order valence-corrected chi connectivity index (χ1v) is 13.4. The number of nitrogens with zero attached hydrogens (tertiary/aromatic N) is 2. The summed E-state index contributed by atoms with van der Waals surface area (Å²) in [5.74, 6) is -0.185. The SMILES string of the molecule is CCOc1cccc(NC(=O)C2CC(=O)N(CCc3ccc(Cl)cc3)C(=Nc3cccc(C(F)(F)F)c3)S2)c1. The average molecular weight is 576 g/mol. The molecule has 3 aromatic rings. The number of ether oxygens (including phenoxy) is 1. The normalized spacial score (nSPS) is 16.8. The first kappa shape index (κ1) is 28.5. The maximum Gasteiger partial charge on any atom is 0.416 e. The number of hydrogen-bond donors (Lipinski definition) is 1. The van der Waals surface area contributed by atoms with E-state index in [1.54, 1.807) is 36.4 Å². The predicted octanol–water partition coefficient (Wildman–Crippen LogP) is 6.96. The number of amidine groups is 1. The quantitative estimate of drug-likeness (QED) is 0.315. The number of thioether (sulfide) groups is 1. The highest BCUT2D eigenvalue weighted by atomic mass is 35.5. The topological polar surface area (TPSA) is 71.0 Å². The molecule has 1 heterocycles. The molecule has 2 amide bonds. The number of benzene rings is 3. The average Bonchev–Trinajstić information content (AvgIpc) is 2.89. The lowest BCUT2D eigenvalue weighted by Crippen LogP contribution is -2.46. The second-order valence-electron chi connectivity index (χ2n) is 8.63. The second-order valence-corrected chi connectivity index (χ2v) is 10.2. The van der Waals surface area contributed by atoms with E-state index in [-0.39, 0.29) is 29.7 Å². The minimum atomic E-state index is -4.54. The van der Waals surface area contributed by atoms with Crippen molar-refractivity contribution < 1.29 is 27.5 Å². The third-order valence-corrected chi connectivity index (χ3v) is 7.22. The van der Waals surface area contributed by atoms with Gasteiger partial charge in [-0.05, 0) is 61.4 Å². The standard InChI is InChI=1S/C28H25ClF3N3O3S/c1-2-38-23-8-4-7-22(16-23)33-26(37)24-17-25(36)35(14-13-18-9-11-20(29)12-10-18)27(39-24)34-21-6-3-5-19(15-21)28(30,31)32/h3-12,15-16,24H,2,13-14,17H2,1H3,(H,33,37). The van der Waals surface area contributed by atoms with Crippen LogP contribution in [0.3, 0.4) is 0 Å². The Balaban J connectivity index is 1.58. The van der Waals surface area contributed by atoms with E-state index in [2.05, 4.69) is 10.3 Å². The molecule has 39 heavy (non-hydrogen) atoms. The van der Waals surface area contributed by atoms with Crippen molar-refractivity contribution in [1.82, 2.24) is 4.90 Å². The van der Waals surface area contributed by atoms with Crippen LogP contribution >= 0.6 is 23.4 Å². The van der Waals surface area contributed by atoms with Crippen molar-refractivity contribution in [3.63, 3.8) is 0 Å². The maximum absolute atomic E-state index is 13.3. The van der Waals surface area contributed by atoms with Gasteiger partial charge < -0.3 is 10.1 Å². The van der Waals surface area contributed by atoms with Crippen molar-refractivity contribution in [2.45, 2.75) is 31.2 Å². The van der Waals surface area contributed by atoms with E-state index in [1.165, 1.54) is 17.0 Å². The maximum atomic E-state index is 13.3. The van der Waals surface area contributed by atoms with Crippen LogP contribution in [0.2, 0.25) is 5.02 Å². The number of aliphatic imine (C=N–C) groups is 1. The molecule has 4 rings (SSSR count). The number of amides is 2. The van der Waals surface area contributed by atoms with Gasteiger partial charge >= 0.3 is 6.18 Å². The number of halogens is 4. The summed E-state index contributed by atoms with van der Waals surface area (Å²) in [5, 5.41) is 2.70. The lowest BCUT2D eigenvalue weighted by Gasteiger charge is -2.32. The smallest absolute Gasteiger partial charge is 0.416 e. The molecule has 0 bridgehead atoms. The third-order valence-electron chi connectivity index (χ3n) is 5.78. The predicted molar refractivity (Wildman–Crippen MR) is 148 cm³/mol. The Morgan fingerprint density at radius 3 is 2.59 bits per heavy atom. The molecule has 1 atom stereocenters. The first-order chi connectivity index (χ1) is 18.6. The van der Waals surface area contributed by atoms with Gasteiger partial charge in [-0.25, -0.2) is 4.99 Å². The number of nitrogens with one attached hydrogen (secondary N) is 1. The molecule has 11 heteroatoms. The monoisotopic (exact) mass is 575 g/mol. The zero-order chi connectivity index (χ0) is 28.0. The summed E-state index contributed by atoms with van der Waals surface area (Å²) in [6, 6.07) is 18.6. The Kier molecular flexibility index (Phi) is 9.19. The van der Waals surface area contributed by atoms with Crippen molar-refractivity contribution in [2.24, 2.45) is 4.99 Å². The van der Waals surface area contributed by atoms with Crippen LogP contribution in [-0.4, -0.2) is 40.3 Å².